The van der Waals surface area contributed by atoms with E-state index in [1.165, 1.54) is 12.1 Å². The number of sulfonamides is 1. The lowest BCUT2D eigenvalue weighted by Gasteiger charge is -2.20. The van der Waals surface area contributed by atoms with Crippen LogP contribution in [0.15, 0.2) is 82.3 Å². The Bertz CT molecular complexity index is 1390. The summed E-state index contributed by atoms with van der Waals surface area (Å²) in [6.45, 7) is 5.30. The third-order valence-electron chi connectivity index (χ3n) is 4.58. The summed E-state index contributed by atoms with van der Waals surface area (Å²) in [6.07, 6.45) is 1.55. The fraction of sp³-hybridized carbons (Fsp3) is 0.167. The minimum Gasteiger partial charge on any atom is -0.463 e. The van der Waals surface area contributed by atoms with Crippen LogP contribution in [0.4, 0.5) is 5.69 Å². The molecule has 0 spiro atoms. The summed E-state index contributed by atoms with van der Waals surface area (Å²) in [5.74, 6) is 0.167. The van der Waals surface area contributed by atoms with Crippen LogP contribution in [0.5, 0.6) is 0 Å². The van der Waals surface area contributed by atoms with E-state index in [9.17, 15) is 13.2 Å². The molecule has 0 saturated carbocycles. The van der Waals surface area contributed by atoms with Crippen LogP contribution >= 0.6 is 0 Å². The number of furan rings is 1. The lowest BCUT2D eigenvalue weighted by Crippen LogP contribution is -2.40. The number of carbonyl (C=O) groups excluding carboxylic acids is 1. The van der Waals surface area contributed by atoms with Gasteiger partial charge in [-0.15, -0.1) is 0 Å². The van der Waals surface area contributed by atoms with Gasteiger partial charge in [-0.3, -0.25) is 4.79 Å². The van der Waals surface area contributed by atoms with Gasteiger partial charge in [-0.05, 0) is 63.2 Å². The van der Waals surface area contributed by atoms with Crippen LogP contribution in [0.2, 0.25) is 0 Å². The normalized spacial score (nSPS) is 12.1. The average Bonchev–Trinajstić information content (AvgIpc) is 3.26. The van der Waals surface area contributed by atoms with Crippen molar-refractivity contribution in [1.29, 1.82) is 0 Å². The minimum absolute atomic E-state index is 0.0704. The second kappa shape index (κ2) is 8.22. The first kappa shape index (κ1) is 21.7. The number of nitrogens with zero attached hydrogens (tertiary/aromatic N) is 1. The number of hydrogen-bond acceptors (Lipinski definition) is 5. The van der Waals surface area contributed by atoms with Crippen molar-refractivity contribution in [2.45, 2.75) is 31.2 Å². The molecule has 2 N–H and O–H groups in total. The van der Waals surface area contributed by atoms with Gasteiger partial charge in [-0.1, -0.05) is 24.3 Å². The van der Waals surface area contributed by atoms with Crippen LogP contribution < -0.4 is 10.0 Å². The van der Waals surface area contributed by atoms with Gasteiger partial charge in [0.2, 0.25) is 10.0 Å². The molecule has 2 aromatic carbocycles. The molecule has 2 heterocycles. The van der Waals surface area contributed by atoms with E-state index in [1.54, 1.807) is 57.4 Å². The SMILES string of the molecule is CC(C)(C)NS(=O)(=O)c1cccc(NC(=O)c2cc(-c3ccco3)nc3ccccc23)c1. The number of hydrogen-bond donors (Lipinski definition) is 2. The Morgan fingerprint density at radius 3 is 2.47 bits per heavy atom. The number of fused-ring (bicyclic) bond motifs is 1. The van der Waals surface area contributed by atoms with Gasteiger partial charge in [0, 0.05) is 16.6 Å². The van der Waals surface area contributed by atoms with Crippen molar-refractivity contribution < 1.29 is 17.6 Å². The first-order valence-electron chi connectivity index (χ1n) is 10.0. The average molecular weight is 450 g/mol. The fourth-order valence-electron chi connectivity index (χ4n) is 3.32. The molecule has 0 radical (unpaired) electrons. The van der Waals surface area contributed by atoms with Crippen molar-refractivity contribution in [2.75, 3.05) is 5.32 Å². The zero-order valence-electron chi connectivity index (χ0n) is 17.9. The Balaban J connectivity index is 1.69. The van der Waals surface area contributed by atoms with Crippen molar-refractivity contribution in [3.8, 4) is 11.5 Å². The lowest BCUT2D eigenvalue weighted by molar-refractivity contribution is 0.102. The highest BCUT2D eigenvalue weighted by Crippen LogP contribution is 2.26. The molecule has 0 atom stereocenters. The summed E-state index contributed by atoms with van der Waals surface area (Å²) >= 11 is 0. The standard InChI is InChI=1S/C24H23N3O4S/c1-24(2,3)27-32(29,30)17-9-6-8-16(14-17)25-23(28)19-15-21(22-12-7-13-31-22)26-20-11-5-4-10-18(19)20/h4-15,27H,1-3H3,(H,25,28). The van der Waals surface area contributed by atoms with Crippen molar-refractivity contribution in [2.24, 2.45) is 0 Å². The van der Waals surface area contributed by atoms with Crippen LogP contribution in [0.25, 0.3) is 22.4 Å². The van der Waals surface area contributed by atoms with E-state index in [1.807, 2.05) is 24.3 Å². The van der Waals surface area contributed by atoms with Crippen molar-refractivity contribution in [3.63, 3.8) is 0 Å². The molecule has 0 bridgehead atoms. The van der Waals surface area contributed by atoms with Gasteiger partial charge in [-0.25, -0.2) is 18.1 Å². The Hall–Kier alpha value is -3.49. The molecule has 4 aromatic rings. The molecule has 0 saturated heterocycles. The minimum atomic E-state index is -3.74. The number of pyridine rings is 1. The number of rotatable bonds is 5. The molecule has 0 unspecified atom stereocenters. The van der Waals surface area contributed by atoms with E-state index < -0.39 is 15.6 Å². The van der Waals surface area contributed by atoms with Crippen molar-refractivity contribution in [3.05, 3.63) is 78.6 Å². The third-order valence-corrected chi connectivity index (χ3v) is 6.33. The molecule has 0 aliphatic rings. The van der Waals surface area contributed by atoms with E-state index in [4.69, 9.17) is 4.42 Å². The smallest absolute Gasteiger partial charge is 0.256 e. The number of nitrogens with one attached hydrogen (secondary N) is 2. The second-order valence-electron chi connectivity index (χ2n) is 8.39. The molecule has 7 nitrogen and oxygen atoms in total. The van der Waals surface area contributed by atoms with Gasteiger partial charge in [0.25, 0.3) is 5.91 Å². The highest BCUT2D eigenvalue weighted by Gasteiger charge is 2.22. The molecule has 0 fully saturated rings. The first-order valence-corrected chi connectivity index (χ1v) is 11.5. The van der Waals surface area contributed by atoms with Crippen molar-refractivity contribution >= 4 is 32.5 Å². The molecule has 8 heteroatoms. The summed E-state index contributed by atoms with van der Waals surface area (Å²) in [4.78, 5) is 17.9. The van der Waals surface area contributed by atoms with Crippen LogP contribution in [0, 0.1) is 0 Å². The number of aromatic nitrogens is 1. The Labute approximate surface area is 186 Å². The third kappa shape index (κ3) is 4.71. The number of amides is 1. The molecule has 32 heavy (non-hydrogen) atoms. The van der Waals surface area contributed by atoms with E-state index in [2.05, 4.69) is 15.0 Å². The maximum atomic E-state index is 13.2. The number of carbonyl (C=O) groups is 1. The molecule has 1 amide bonds. The molecule has 4 rings (SSSR count). The quantitative estimate of drug-likeness (QED) is 0.455. The van der Waals surface area contributed by atoms with Gasteiger partial charge >= 0.3 is 0 Å². The van der Waals surface area contributed by atoms with E-state index >= 15 is 0 Å². The Morgan fingerprint density at radius 2 is 1.75 bits per heavy atom. The summed E-state index contributed by atoms with van der Waals surface area (Å²) in [6, 6.07) is 18.7. The predicted molar refractivity (Wildman–Crippen MR) is 124 cm³/mol. The fourth-order valence-corrected chi connectivity index (χ4v) is 4.78. The van der Waals surface area contributed by atoms with Crippen LogP contribution in [-0.2, 0) is 10.0 Å². The van der Waals surface area contributed by atoms with Crippen LogP contribution in [0.3, 0.4) is 0 Å². The Morgan fingerprint density at radius 1 is 0.969 bits per heavy atom. The summed E-state index contributed by atoms with van der Waals surface area (Å²) < 4.78 is 33.4. The maximum Gasteiger partial charge on any atom is 0.256 e. The Kier molecular flexibility index (Phi) is 5.58. The van der Waals surface area contributed by atoms with Crippen molar-refractivity contribution in [1.82, 2.24) is 9.71 Å². The highest BCUT2D eigenvalue weighted by molar-refractivity contribution is 7.89. The highest BCUT2D eigenvalue weighted by atomic mass is 32.2. The number of para-hydroxylation sites is 1. The molecule has 0 aliphatic heterocycles. The maximum absolute atomic E-state index is 13.2. The summed E-state index contributed by atoms with van der Waals surface area (Å²) in [5, 5.41) is 3.49. The summed E-state index contributed by atoms with van der Waals surface area (Å²) in [7, 11) is -3.74. The van der Waals surface area contributed by atoms with Crippen LogP contribution in [-0.4, -0.2) is 24.8 Å². The van der Waals surface area contributed by atoms with Gasteiger partial charge in [-0.2, -0.15) is 0 Å². The van der Waals surface area contributed by atoms with Gasteiger partial charge < -0.3 is 9.73 Å². The first-order chi connectivity index (χ1) is 15.1. The van der Waals surface area contributed by atoms with Crippen LogP contribution in [0.1, 0.15) is 31.1 Å². The van der Waals surface area contributed by atoms with Gasteiger partial charge in [0.15, 0.2) is 5.76 Å². The molecule has 2 aromatic heterocycles. The van der Waals surface area contributed by atoms with Gasteiger partial charge in [0.1, 0.15) is 5.69 Å². The largest absolute Gasteiger partial charge is 0.463 e. The molecular formula is C24H23N3O4S. The summed E-state index contributed by atoms with van der Waals surface area (Å²) in [5.41, 5.74) is 1.33. The topological polar surface area (TPSA) is 101 Å². The van der Waals surface area contributed by atoms with E-state index in [0.29, 0.717) is 33.6 Å². The molecular weight excluding hydrogens is 426 g/mol. The molecule has 0 aliphatic carbocycles. The number of benzene rings is 2. The van der Waals surface area contributed by atoms with E-state index in [-0.39, 0.29) is 10.8 Å². The zero-order valence-corrected chi connectivity index (χ0v) is 18.7. The molecule has 164 valence electrons. The van der Waals surface area contributed by atoms with E-state index in [0.717, 1.165) is 0 Å². The number of anilines is 1. The lowest BCUT2D eigenvalue weighted by atomic mass is 10.1. The predicted octanol–water partition coefficient (Wildman–Crippen LogP) is 4.82. The van der Waals surface area contributed by atoms with Gasteiger partial charge in [0.05, 0.1) is 22.2 Å². The second-order valence-corrected chi connectivity index (χ2v) is 10.1. The zero-order chi connectivity index (χ0) is 22.9. The monoisotopic (exact) mass is 449 g/mol.